The van der Waals surface area contributed by atoms with Crippen LogP contribution >= 0.6 is 31.1 Å². The predicted octanol–water partition coefficient (Wildman–Crippen LogP) is 6.37. The molecule has 0 bridgehead atoms. The van der Waals surface area contributed by atoms with Gasteiger partial charge in [0.15, 0.2) is 0 Å². The second kappa shape index (κ2) is 9.89. The molecule has 1 N–H and O–H groups in total. The molecule has 1 aliphatic carbocycles. The first-order chi connectivity index (χ1) is 14.4. The molecule has 0 aromatic heterocycles. The van der Waals surface area contributed by atoms with E-state index < -0.39 is 7.59 Å². The van der Waals surface area contributed by atoms with Gasteiger partial charge in [0.2, 0.25) is 0 Å². The third-order valence-corrected chi connectivity index (χ3v) is 13.1. The van der Waals surface area contributed by atoms with Gasteiger partial charge in [0, 0.05) is 24.2 Å². The molecule has 0 radical (unpaired) electrons. The summed E-state index contributed by atoms with van der Waals surface area (Å²) in [5, 5.41) is 3.86. The smallest absolute Gasteiger partial charge is 0.270 e. The van der Waals surface area contributed by atoms with Crippen molar-refractivity contribution in [3.8, 4) is 0 Å². The van der Waals surface area contributed by atoms with Crippen molar-refractivity contribution in [2.45, 2.75) is 94.6 Å². The van der Waals surface area contributed by atoms with Crippen LogP contribution in [-0.2, 0) is 4.57 Å². The van der Waals surface area contributed by atoms with E-state index in [-0.39, 0.29) is 18.1 Å². The van der Waals surface area contributed by atoms with Crippen LogP contribution in [0.1, 0.15) is 71.4 Å². The first kappa shape index (κ1) is 23.2. The summed E-state index contributed by atoms with van der Waals surface area (Å²) in [7, 11) is -2.91. The topological polar surface area (TPSA) is 35.6 Å². The van der Waals surface area contributed by atoms with Crippen molar-refractivity contribution >= 4 is 31.1 Å². The van der Waals surface area contributed by atoms with E-state index in [1.54, 1.807) is 0 Å². The Labute approximate surface area is 191 Å². The van der Waals surface area contributed by atoms with Crippen LogP contribution in [0, 0.1) is 0 Å². The highest BCUT2D eigenvalue weighted by molar-refractivity contribution is 8.17. The molecule has 3 atom stereocenters. The quantitative estimate of drug-likeness (QED) is 0.490. The Bertz CT molecular complexity index is 713. The van der Waals surface area contributed by atoms with Crippen LogP contribution in [-0.4, -0.2) is 49.6 Å². The monoisotopic (exact) mass is 467 g/mol. The molecule has 3 fully saturated rings. The third kappa shape index (κ3) is 4.43. The number of fused-ring (bicyclic) bond motifs is 1. The minimum Gasteiger partial charge on any atom is -0.270 e. The van der Waals surface area contributed by atoms with E-state index in [9.17, 15) is 0 Å². The average Bonchev–Trinajstić information content (AvgIpc) is 3.01. The molecule has 3 aliphatic rings. The van der Waals surface area contributed by atoms with Gasteiger partial charge in [0.25, 0.3) is 7.59 Å². The van der Waals surface area contributed by atoms with Crippen LogP contribution in [0.2, 0.25) is 0 Å². The maximum absolute atomic E-state index is 15.1. The molecule has 0 amide bonds. The molecular weight excluding hydrogens is 429 g/mol. The van der Waals surface area contributed by atoms with Crippen molar-refractivity contribution in [3.63, 3.8) is 0 Å². The van der Waals surface area contributed by atoms with Gasteiger partial charge >= 0.3 is 0 Å². The van der Waals surface area contributed by atoms with Crippen molar-refractivity contribution < 1.29 is 4.57 Å². The molecule has 168 valence electrons. The molecule has 1 aromatic rings. The largest absolute Gasteiger partial charge is 0.285 e. The summed E-state index contributed by atoms with van der Waals surface area (Å²) >= 11 is 4.07. The standard InChI is InChI=1S/C23H38N3OPS2/c1-17(2)25-20-13-8-9-14-21(20)26(18(3)4)28(25,27)24-22(19-11-6-5-7-12-19)23-29-15-10-16-30-23/h5-7,11-12,17-18,20-23H,8-10,13-16H2,1-4H3,(H,24,27)/t20-,21-,22-/m1/s1. The van der Waals surface area contributed by atoms with Crippen LogP contribution in [0.15, 0.2) is 30.3 Å². The molecule has 4 nitrogen and oxygen atoms in total. The van der Waals surface area contributed by atoms with Gasteiger partial charge in [-0.1, -0.05) is 43.2 Å². The molecule has 2 saturated heterocycles. The minimum atomic E-state index is -2.91. The van der Waals surface area contributed by atoms with Gasteiger partial charge < -0.3 is 0 Å². The lowest BCUT2D eigenvalue weighted by molar-refractivity contribution is 0.173. The van der Waals surface area contributed by atoms with Gasteiger partial charge in [0.05, 0.1) is 10.6 Å². The Morgan fingerprint density at radius 2 is 1.43 bits per heavy atom. The first-order valence-electron chi connectivity index (χ1n) is 11.7. The van der Waals surface area contributed by atoms with Gasteiger partial charge in [-0.05, 0) is 64.0 Å². The van der Waals surface area contributed by atoms with Crippen LogP contribution in [0.3, 0.4) is 0 Å². The highest BCUT2D eigenvalue weighted by Gasteiger charge is 2.57. The van der Waals surface area contributed by atoms with Gasteiger partial charge in [-0.3, -0.25) is 4.57 Å². The Hall–Kier alpha value is 0.0300. The number of hydrogen-bond donors (Lipinski definition) is 1. The highest BCUT2D eigenvalue weighted by Crippen LogP contribution is 2.64. The van der Waals surface area contributed by atoms with Gasteiger partial charge in [-0.2, -0.15) is 0 Å². The van der Waals surface area contributed by atoms with Crippen LogP contribution in [0.4, 0.5) is 0 Å². The number of benzene rings is 1. The van der Waals surface area contributed by atoms with Gasteiger partial charge in [-0.25, -0.2) is 14.4 Å². The summed E-state index contributed by atoms with van der Waals surface area (Å²) in [6.45, 7) is 8.91. The zero-order valence-electron chi connectivity index (χ0n) is 18.9. The van der Waals surface area contributed by atoms with E-state index in [0.717, 1.165) is 0 Å². The minimum absolute atomic E-state index is 0.0926. The SMILES string of the molecule is CC(C)N1[C@@H]2CCCC[C@H]2N(C(C)C)P1(=O)N[C@H](c1ccccc1)C1SCCCS1. The highest BCUT2D eigenvalue weighted by atomic mass is 32.2. The zero-order valence-corrected chi connectivity index (χ0v) is 21.4. The number of hydrogen-bond acceptors (Lipinski definition) is 3. The molecular formula is C23H38N3OPS2. The average molecular weight is 468 g/mol. The normalized spacial score (nSPS) is 29.4. The first-order valence-corrected chi connectivity index (χ1v) is 15.4. The molecule has 1 saturated carbocycles. The summed E-state index contributed by atoms with van der Waals surface area (Å²) in [6.07, 6.45) is 6.12. The number of nitrogens with one attached hydrogen (secondary N) is 1. The maximum Gasteiger partial charge on any atom is 0.285 e. The predicted molar refractivity (Wildman–Crippen MR) is 133 cm³/mol. The summed E-state index contributed by atoms with van der Waals surface area (Å²) in [6, 6.07) is 12.2. The van der Waals surface area contributed by atoms with Crippen molar-refractivity contribution in [1.82, 2.24) is 14.4 Å². The lowest BCUT2D eigenvalue weighted by Gasteiger charge is -2.40. The van der Waals surface area contributed by atoms with E-state index in [2.05, 4.69) is 72.5 Å². The number of thioether (sulfide) groups is 2. The number of rotatable bonds is 6. The van der Waals surface area contributed by atoms with E-state index in [0.29, 0.717) is 16.7 Å². The van der Waals surface area contributed by atoms with Crippen molar-refractivity contribution in [3.05, 3.63) is 35.9 Å². The molecule has 30 heavy (non-hydrogen) atoms. The fourth-order valence-electron chi connectivity index (χ4n) is 5.59. The summed E-state index contributed by atoms with van der Waals surface area (Å²) < 4.78 is 20.3. The van der Waals surface area contributed by atoms with E-state index in [1.807, 2.05) is 23.5 Å². The fourth-order valence-corrected chi connectivity index (χ4v) is 12.6. The molecule has 1 aromatic carbocycles. The summed E-state index contributed by atoms with van der Waals surface area (Å²) in [5.41, 5.74) is 1.27. The molecule has 2 heterocycles. The molecule has 0 spiro atoms. The van der Waals surface area contributed by atoms with Gasteiger partial charge in [-0.15, -0.1) is 23.5 Å². The van der Waals surface area contributed by atoms with Crippen molar-refractivity contribution in [2.24, 2.45) is 0 Å². The van der Waals surface area contributed by atoms with E-state index in [4.69, 9.17) is 0 Å². The Kier molecular flexibility index (Phi) is 7.65. The summed E-state index contributed by atoms with van der Waals surface area (Å²) in [5.74, 6) is 2.39. The van der Waals surface area contributed by atoms with Crippen LogP contribution in [0.5, 0.6) is 0 Å². The second-order valence-corrected chi connectivity index (χ2v) is 14.5. The Morgan fingerprint density at radius 1 is 0.900 bits per heavy atom. The van der Waals surface area contributed by atoms with E-state index >= 15 is 4.57 Å². The molecule has 4 rings (SSSR count). The molecule has 2 aliphatic heterocycles. The maximum atomic E-state index is 15.1. The molecule has 0 unspecified atom stereocenters. The molecule has 7 heteroatoms. The van der Waals surface area contributed by atoms with Crippen molar-refractivity contribution in [1.29, 1.82) is 0 Å². The van der Waals surface area contributed by atoms with Crippen molar-refractivity contribution in [2.75, 3.05) is 11.5 Å². The Balaban J connectivity index is 1.74. The van der Waals surface area contributed by atoms with Crippen LogP contribution < -0.4 is 5.09 Å². The van der Waals surface area contributed by atoms with Crippen LogP contribution in [0.25, 0.3) is 0 Å². The lowest BCUT2D eigenvalue weighted by atomic mass is 9.89. The number of nitrogens with zero attached hydrogens (tertiary/aromatic N) is 2. The Morgan fingerprint density at radius 3 is 1.93 bits per heavy atom. The van der Waals surface area contributed by atoms with Gasteiger partial charge in [0.1, 0.15) is 0 Å². The zero-order chi connectivity index (χ0) is 21.3. The van der Waals surface area contributed by atoms with E-state index in [1.165, 1.54) is 49.2 Å². The second-order valence-electron chi connectivity index (χ2n) is 9.39. The third-order valence-electron chi connectivity index (χ3n) is 6.65. The summed E-state index contributed by atoms with van der Waals surface area (Å²) in [4.78, 5) is 0. The lowest BCUT2D eigenvalue weighted by Crippen LogP contribution is -2.43. The fraction of sp³-hybridized carbons (Fsp3) is 0.739.